The lowest BCUT2D eigenvalue weighted by molar-refractivity contribution is -0.384. The molecule has 92 valence electrons. The maximum atomic E-state index is 10.6. The van der Waals surface area contributed by atoms with Crippen LogP contribution >= 0.6 is 11.8 Å². The molecule has 0 fully saturated rings. The van der Waals surface area contributed by atoms with E-state index in [0.29, 0.717) is 9.92 Å². The van der Waals surface area contributed by atoms with Gasteiger partial charge in [-0.1, -0.05) is 23.9 Å². The summed E-state index contributed by atoms with van der Waals surface area (Å²) in [6.45, 7) is 0. The number of anilines is 1. The fraction of sp³-hybridized carbons (Fsp3) is 0. The zero-order chi connectivity index (χ0) is 13.1. The molecule has 0 atom stereocenters. The minimum atomic E-state index is -0.587. The number of nitrogens with two attached hydrogens (primary N) is 1. The van der Waals surface area contributed by atoms with Crippen molar-refractivity contribution in [1.29, 1.82) is 0 Å². The Balaban J connectivity index is 2.29. The van der Waals surface area contributed by atoms with E-state index in [1.807, 2.05) is 0 Å². The van der Waals surface area contributed by atoms with Gasteiger partial charge in [0.1, 0.15) is 10.8 Å². The van der Waals surface area contributed by atoms with Crippen molar-refractivity contribution in [3.05, 3.63) is 46.5 Å². The summed E-state index contributed by atoms with van der Waals surface area (Å²) in [5.41, 5.74) is 5.26. The van der Waals surface area contributed by atoms with Gasteiger partial charge in [0.2, 0.25) is 5.82 Å². The first-order valence-electron chi connectivity index (χ1n) is 4.94. The highest BCUT2D eigenvalue weighted by Crippen LogP contribution is 2.34. The standard InChI is InChI=1S/C11H9N3O3S/c12-11-7(14(16)17)5-6-10(13-11)18-9-4-2-1-3-8(9)15/h1-6,15H,(H2,12,13). The van der Waals surface area contributed by atoms with Gasteiger partial charge in [-0.05, 0) is 18.2 Å². The molecule has 2 aromatic rings. The summed E-state index contributed by atoms with van der Waals surface area (Å²) in [4.78, 5) is 14.5. The van der Waals surface area contributed by atoms with Crippen molar-refractivity contribution >= 4 is 23.3 Å². The van der Waals surface area contributed by atoms with Gasteiger partial charge in [-0.3, -0.25) is 10.1 Å². The quantitative estimate of drug-likeness (QED) is 0.651. The molecule has 0 aliphatic rings. The van der Waals surface area contributed by atoms with Crippen LogP contribution in [0.5, 0.6) is 5.75 Å². The Kier molecular flexibility index (Phi) is 3.33. The van der Waals surface area contributed by atoms with Gasteiger partial charge in [0.15, 0.2) is 0 Å². The first kappa shape index (κ1) is 12.2. The van der Waals surface area contributed by atoms with E-state index < -0.39 is 4.92 Å². The summed E-state index contributed by atoms with van der Waals surface area (Å²) in [6.07, 6.45) is 0. The van der Waals surface area contributed by atoms with E-state index in [9.17, 15) is 15.2 Å². The summed E-state index contributed by atoms with van der Waals surface area (Å²) in [5, 5.41) is 20.7. The van der Waals surface area contributed by atoms with Gasteiger partial charge in [0.05, 0.1) is 9.82 Å². The minimum Gasteiger partial charge on any atom is -0.507 e. The largest absolute Gasteiger partial charge is 0.507 e. The molecule has 3 N–H and O–H groups in total. The summed E-state index contributed by atoms with van der Waals surface area (Å²) in [7, 11) is 0. The van der Waals surface area contributed by atoms with Gasteiger partial charge >= 0.3 is 5.69 Å². The molecule has 0 spiro atoms. The van der Waals surface area contributed by atoms with Crippen LogP contribution in [0.4, 0.5) is 11.5 Å². The van der Waals surface area contributed by atoms with E-state index in [2.05, 4.69) is 4.98 Å². The lowest BCUT2D eigenvalue weighted by Crippen LogP contribution is -1.98. The number of aromatic nitrogens is 1. The summed E-state index contributed by atoms with van der Waals surface area (Å²) in [6, 6.07) is 9.54. The molecule has 7 heteroatoms. The van der Waals surface area contributed by atoms with E-state index in [0.717, 1.165) is 0 Å². The topological polar surface area (TPSA) is 102 Å². The molecule has 0 radical (unpaired) electrons. The molecule has 2 rings (SSSR count). The number of benzene rings is 1. The van der Waals surface area contributed by atoms with E-state index in [1.165, 1.54) is 23.9 Å². The van der Waals surface area contributed by atoms with E-state index in [1.54, 1.807) is 24.3 Å². The minimum absolute atomic E-state index is 0.126. The maximum absolute atomic E-state index is 10.6. The van der Waals surface area contributed by atoms with Crippen LogP contribution in [0.15, 0.2) is 46.3 Å². The van der Waals surface area contributed by atoms with Gasteiger partial charge < -0.3 is 10.8 Å². The Morgan fingerprint density at radius 1 is 1.28 bits per heavy atom. The second-order valence-electron chi connectivity index (χ2n) is 3.38. The predicted molar refractivity (Wildman–Crippen MR) is 67.5 cm³/mol. The van der Waals surface area contributed by atoms with Crippen LogP contribution < -0.4 is 5.73 Å². The third kappa shape index (κ3) is 2.51. The second kappa shape index (κ2) is 4.92. The number of pyridine rings is 1. The van der Waals surface area contributed by atoms with E-state index in [-0.39, 0.29) is 17.3 Å². The van der Waals surface area contributed by atoms with Gasteiger partial charge in [0, 0.05) is 6.07 Å². The number of hydrogen-bond donors (Lipinski definition) is 2. The number of nitrogens with zero attached hydrogens (tertiary/aromatic N) is 2. The van der Waals surface area contributed by atoms with Crippen molar-refractivity contribution in [3.63, 3.8) is 0 Å². The highest BCUT2D eigenvalue weighted by Gasteiger charge is 2.13. The van der Waals surface area contributed by atoms with Crippen molar-refractivity contribution in [3.8, 4) is 5.75 Å². The molecule has 6 nitrogen and oxygen atoms in total. The SMILES string of the molecule is Nc1nc(Sc2ccccc2O)ccc1[N+](=O)[O-]. The number of phenols is 1. The average Bonchev–Trinajstić information content (AvgIpc) is 2.32. The average molecular weight is 263 g/mol. The fourth-order valence-corrected chi connectivity index (χ4v) is 2.14. The lowest BCUT2D eigenvalue weighted by atomic mass is 10.3. The van der Waals surface area contributed by atoms with Gasteiger partial charge in [0.25, 0.3) is 0 Å². The van der Waals surface area contributed by atoms with Crippen LogP contribution in [0, 0.1) is 10.1 Å². The first-order valence-corrected chi connectivity index (χ1v) is 5.76. The Labute approximate surface area is 107 Å². The molecule has 0 amide bonds. The molecule has 1 aromatic carbocycles. The number of nitrogen functional groups attached to an aromatic ring is 1. The number of rotatable bonds is 3. The number of aromatic hydroxyl groups is 1. The van der Waals surface area contributed by atoms with Crippen LogP contribution in [0.25, 0.3) is 0 Å². The Bertz CT molecular complexity index is 604. The number of nitro groups is 1. The number of phenolic OH excluding ortho intramolecular Hbond substituents is 1. The molecule has 0 aliphatic carbocycles. The highest BCUT2D eigenvalue weighted by molar-refractivity contribution is 7.99. The molecule has 0 saturated carbocycles. The Morgan fingerprint density at radius 2 is 2.00 bits per heavy atom. The van der Waals surface area contributed by atoms with E-state index >= 15 is 0 Å². The Hall–Kier alpha value is -2.28. The van der Waals surface area contributed by atoms with Crippen LogP contribution in [0.3, 0.4) is 0 Å². The molecular weight excluding hydrogens is 254 g/mol. The van der Waals surface area contributed by atoms with Gasteiger partial charge in [-0.25, -0.2) is 4.98 Å². The molecule has 18 heavy (non-hydrogen) atoms. The molecule has 0 bridgehead atoms. The van der Waals surface area contributed by atoms with Crippen molar-refractivity contribution in [2.45, 2.75) is 9.92 Å². The highest BCUT2D eigenvalue weighted by atomic mass is 32.2. The van der Waals surface area contributed by atoms with E-state index in [4.69, 9.17) is 5.73 Å². The van der Waals surface area contributed by atoms with Crippen LogP contribution in [0.1, 0.15) is 0 Å². The summed E-state index contributed by atoms with van der Waals surface area (Å²) < 4.78 is 0. The monoisotopic (exact) mass is 263 g/mol. The predicted octanol–water partition coefficient (Wildman–Crippen LogP) is 2.43. The van der Waals surface area contributed by atoms with Crippen molar-refractivity contribution in [2.75, 3.05) is 5.73 Å². The summed E-state index contributed by atoms with van der Waals surface area (Å²) in [5.74, 6) is -0.0124. The maximum Gasteiger partial charge on any atom is 0.311 e. The smallest absolute Gasteiger partial charge is 0.311 e. The molecule has 0 aliphatic heterocycles. The number of para-hydroxylation sites is 1. The third-order valence-corrected chi connectivity index (χ3v) is 3.15. The normalized spacial score (nSPS) is 10.2. The van der Waals surface area contributed by atoms with Crippen LogP contribution in [-0.4, -0.2) is 15.0 Å². The van der Waals surface area contributed by atoms with Crippen molar-refractivity contribution in [1.82, 2.24) is 4.98 Å². The lowest BCUT2D eigenvalue weighted by Gasteiger charge is -2.04. The second-order valence-corrected chi connectivity index (χ2v) is 4.44. The Morgan fingerprint density at radius 3 is 2.61 bits per heavy atom. The zero-order valence-corrected chi connectivity index (χ0v) is 9.92. The van der Waals surface area contributed by atoms with Gasteiger partial charge in [-0.2, -0.15) is 0 Å². The van der Waals surface area contributed by atoms with Crippen LogP contribution in [0.2, 0.25) is 0 Å². The summed E-state index contributed by atoms with van der Waals surface area (Å²) >= 11 is 1.19. The molecule has 0 unspecified atom stereocenters. The molecule has 0 saturated heterocycles. The van der Waals surface area contributed by atoms with Gasteiger partial charge in [-0.15, -0.1) is 0 Å². The molecule has 1 aromatic heterocycles. The first-order chi connectivity index (χ1) is 8.58. The van der Waals surface area contributed by atoms with Crippen LogP contribution in [-0.2, 0) is 0 Å². The zero-order valence-electron chi connectivity index (χ0n) is 9.11. The van der Waals surface area contributed by atoms with Crippen molar-refractivity contribution < 1.29 is 10.0 Å². The third-order valence-electron chi connectivity index (χ3n) is 2.15. The molecule has 1 heterocycles. The fourth-order valence-electron chi connectivity index (χ4n) is 1.32. The molecular formula is C11H9N3O3S. The number of hydrogen-bond acceptors (Lipinski definition) is 6. The van der Waals surface area contributed by atoms with Crippen molar-refractivity contribution in [2.24, 2.45) is 0 Å².